The first-order chi connectivity index (χ1) is 7.78. The minimum absolute atomic E-state index is 0.0979. The lowest BCUT2D eigenvalue weighted by molar-refractivity contribution is -0.0563. The zero-order valence-corrected chi connectivity index (χ0v) is 9.69. The van der Waals surface area contributed by atoms with Crippen LogP contribution in [0.3, 0.4) is 0 Å². The Kier molecular flexibility index (Phi) is 3.93. The molecular weight excluding hydrogens is 202 g/mol. The molecule has 1 fully saturated rings. The van der Waals surface area contributed by atoms with E-state index in [1.54, 1.807) is 0 Å². The molecule has 2 N–H and O–H groups in total. The smallest absolute Gasteiger partial charge is 0.162 e. The molecule has 0 saturated carbocycles. The van der Waals surface area contributed by atoms with Crippen molar-refractivity contribution in [3.8, 4) is 0 Å². The van der Waals surface area contributed by atoms with Crippen LogP contribution in [0.1, 0.15) is 17.5 Å². The summed E-state index contributed by atoms with van der Waals surface area (Å²) < 4.78 is 11.3. The van der Waals surface area contributed by atoms with E-state index in [2.05, 4.69) is 31.2 Å². The highest BCUT2D eigenvalue weighted by Crippen LogP contribution is 2.18. The maximum absolute atomic E-state index is 5.73. The summed E-state index contributed by atoms with van der Waals surface area (Å²) in [5.41, 5.74) is 8.02. The fourth-order valence-electron chi connectivity index (χ4n) is 1.87. The van der Waals surface area contributed by atoms with Crippen molar-refractivity contribution in [2.75, 3.05) is 13.2 Å². The molecule has 88 valence electrons. The molecule has 0 spiro atoms. The number of nitrogens with two attached hydrogens (primary N) is 1. The summed E-state index contributed by atoms with van der Waals surface area (Å²) >= 11 is 0. The van der Waals surface area contributed by atoms with E-state index in [1.165, 1.54) is 11.1 Å². The highest BCUT2D eigenvalue weighted by Gasteiger charge is 2.25. The molecule has 1 aliphatic heterocycles. The van der Waals surface area contributed by atoms with Gasteiger partial charge in [-0.25, -0.2) is 0 Å². The van der Waals surface area contributed by atoms with E-state index in [0.29, 0.717) is 13.2 Å². The van der Waals surface area contributed by atoms with Gasteiger partial charge < -0.3 is 15.2 Å². The van der Waals surface area contributed by atoms with Crippen LogP contribution in [0.25, 0.3) is 0 Å². The van der Waals surface area contributed by atoms with E-state index in [9.17, 15) is 0 Å². The molecule has 0 aromatic heterocycles. The summed E-state index contributed by atoms with van der Waals surface area (Å²) in [5.74, 6) is 0. The molecule has 1 aromatic rings. The van der Waals surface area contributed by atoms with Crippen molar-refractivity contribution >= 4 is 0 Å². The fourth-order valence-corrected chi connectivity index (χ4v) is 1.87. The molecule has 2 unspecified atom stereocenters. The minimum atomic E-state index is -0.0979. The Labute approximate surface area is 96.5 Å². The molecule has 2 rings (SSSR count). The monoisotopic (exact) mass is 221 g/mol. The van der Waals surface area contributed by atoms with E-state index in [-0.39, 0.29) is 12.4 Å². The van der Waals surface area contributed by atoms with Gasteiger partial charge in [-0.1, -0.05) is 29.8 Å². The Morgan fingerprint density at radius 2 is 2.06 bits per heavy atom. The number of rotatable bonds is 4. The maximum Gasteiger partial charge on any atom is 0.162 e. The van der Waals surface area contributed by atoms with Gasteiger partial charge in [-0.3, -0.25) is 0 Å². The highest BCUT2D eigenvalue weighted by atomic mass is 16.7. The van der Waals surface area contributed by atoms with Crippen molar-refractivity contribution in [3.05, 3.63) is 35.4 Å². The van der Waals surface area contributed by atoms with Crippen LogP contribution < -0.4 is 5.73 Å². The summed E-state index contributed by atoms with van der Waals surface area (Å²) in [4.78, 5) is 0. The topological polar surface area (TPSA) is 44.5 Å². The number of benzene rings is 1. The number of hydrogen-bond acceptors (Lipinski definition) is 3. The SMILES string of the molecule is Cc1ccc(CC2OCC(CCN)O2)cc1. The second kappa shape index (κ2) is 5.43. The van der Waals surface area contributed by atoms with Crippen molar-refractivity contribution in [3.63, 3.8) is 0 Å². The average molecular weight is 221 g/mol. The van der Waals surface area contributed by atoms with E-state index < -0.39 is 0 Å². The Hall–Kier alpha value is -0.900. The van der Waals surface area contributed by atoms with Crippen molar-refractivity contribution in [1.82, 2.24) is 0 Å². The molecule has 3 heteroatoms. The third-order valence-corrected chi connectivity index (χ3v) is 2.82. The first-order valence-electron chi connectivity index (χ1n) is 5.80. The Balaban J connectivity index is 1.84. The molecule has 0 bridgehead atoms. The fraction of sp³-hybridized carbons (Fsp3) is 0.538. The van der Waals surface area contributed by atoms with Gasteiger partial charge in [0.25, 0.3) is 0 Å². The van der Waals surface area contributed by atoms with E-state index in [4.69, 9.17) is 15.2 Å². The maximum atomic E-state index is 5.73. The molecule has 0 radical (unpaired) electrons. The van der Waals surface area contributed by atoms with E-state index in [0.717, 1.165) is 12.8 Å². The third-order valence-electron chi connectivity index (χ3n) is 2.82. The van der Waals surface area contributed by atoms with Gasteiger partial charge >= 0.3 is 0 Å². The number of ether oxygens (including phenoxy) is 2. The van der Waals surface area contributed by atoms with Crippen LogP contribution in [0.5, 0.6) is 0 Å². The molecule has 0 aliphatic carbocycles. The van der Waals surface area contributed by atoms with Crippen LogP contribution in [0.4, 0.5) is 0 Å². The van der Waals surface area contributed by atoms with Gasteiger partial charge in [0, 0.05) is 6.42 Å². The van der Waals surface area contributed by atoms with Crippen LogP contribution in [-0.2, 0) is 15.9 Å². The van der Waals surface area contributed by atoms with Crippen molar-refractivity contribution in [2.45, 2.75) is 32.2 Å². The largest absolute Gasteiger partial charge is 0.350 e. The zero-order chi connectivity index (χ0) is 11.4. The van der Waals surface area contributed by atoms with Gasteiger partial charge in [-0.2, -0.15) is 0 Å². The molecular formula is C13H19NO2. The zero-order valence-electron chi connectivity index (χ0n) is 9.69. The molecule has 1 aliphatic rings. The van der Waals surface area contributed by atoms with Crippen LogP contribution >= 0.6 is 0 Å². The standard InChI is InChI=1S/C13H19NO2/c1-10-2-4-11(5-3-10)8-13-15-9-12(16-13)6-7-14/h2-5,12-13H,6-9,14H2,1H3. The van der Waals surface area contributed by atoms with Crippen LogP contribution in [0.15, 0.2) is 24.3 Å². The average Bonchev–Trinajstić information content (AvgIpc) is 2.70. The Morgan fingerprint density at radius 3 is 2.75 bits per heavy atom. The second-order valence-corrected chi connectivity index (χ2v) is 4.29. The molecule has 3 nitrogen and oxygen atoms in total. The Morgan fingerprint density at radius 1 is 1.31 bits per heavy atom. The first kappa shape index (κ1) is 11.6. The molecule has 1 heterocycles. The summed E-state index contributed by atoms with van der Waals surface area (Å²) in [5, 5.41) is 0. The molecule has 1 aromatic carbocycles. The lowest BCUT2D eigenvalue weighted by Crippen LogP contribution is -2.17. The van der Waals surface area contributed by atoms with Crippen LogP contribution in [0, 0.1) is 6.92 Å². The predicted molar refractivity (Wildman–Crippen MR) is 63.2 cm³/mol. The van der Waals surface area contributed by atoms with Crippen molar-refractivity contribution in [1.29, 1.82) is 0 Å². The summed E-state index contributed by atoms with van der Waals surface area (Å²) in [7, 11) is 0. The summed E-state index contributed by atoms with van der Waals surface area (Å²) in [6, 6.07) is 8.47. The summed E-state index contributed by atoms with van der Waals surface area (Å²) in [6.07, 6.45) is 1.78. The van der Waals surface area contributed by atoms with Gasteiger partial charge in [-0.05, 0) is 25.5 Å². The quantitative estimate of drug-likeness (QED) is 0.840. The minimum Gasteiger partial charge on any atom is -0.350 e. The Bertz CT molecular complexity index is 323. The molecule has 16 heavy (non-hydrogen) atoms. The second-order valence-electron chi connectivity index (χ2n) is 4.29. The van der Waals surface area contributed by atoms with Crippen LogP contribution in [-0.4, -0.2) is 25.5 Å². The normalized spacial score (nSPS) is 24.9. The summed E-state index contributed by atoms with van der Waals surface area (Å²) in [6.45, 7) is 3.42. The van der Waals surface area contributed by atoms with Gasteiger partial charge in [0.2, 0.25) is 0 Å². The molecule has 2 atom stereocenters. The van der Waals surface area contributed by atoms with Crippen molar-refractivity contribution in [2.24, 2.45) is 5.73 Å². The van der Waals surface area contributed by atoms with Gasteiger partial charge in [-0.15, -0.1) is 0 Å². The van der Waals surface area contributed by atoms with Gasteiger partial charge in [0.15, 0.2) is 6.29 Å². The van der Waals surface area contributed by atoms with Gasteiger partial charge in [0.1, 0.15) is 0 Å². The highest BCUT2D eigenvalue weighted by molar-refractivity contribution is 5.21. The first-order valence-corrected chi connectivity index (χ1v) is 5.80. The predicted octanol–water partition coefficient (Wildman–Crippen LogP) is 1.63. The van der Waals surface area contributed by atoms with Crippen LogP contribution in [0.2, 0.25) is 0 Å². The number of hydrogen-bond donors (Lipinski definition) is 1. The van der Waals surface area contributed by atoms with Crippen molar-refractivity contribution < 1.29 is 9.47 Å². The van der Waals surface area contributed by atoms with E-state index >= 15 is 0 Å². The number of aryl methyl sites for hydroxylation is 1. The molecule has 0 amide bonds. The lowest BCUT2D eigenvalue weighted by atomic mass is 10.1. The van der Waals surface area contributed by atoms with E-state index in [1.807, 2.05) is 0 Å². The lowest BCUT2D eigenvalue weighted by Gasteiger charge is -2.11. The molecule has 1 saturated heterocycles. The third kappa shape index (κ3) is 3.04. The van der Waals surface area contributed by atoms with Gasteiger partial charge in [0.05, 0.1) is 12.7 Å².